The van der Waals surface area contributed by atoms with Crippen LogP contribution in [-0.2, 0) is 11.3 Å². The molecule has 0 bridgehead atoms. The summed E-state index contributed by atoms with van der Waals surface area (Å²) < 4.78 is 5.41. The first-order valence-corrected chi connectivity index (χ1v) is 9.12. The zero-order chi connectivity index (χ0) is 20.1. The normalized spacial score (nSPS) is 15.1. The van der Waals surface area contributed by atoms with Crippen LogP contribution in [-0.4, -0.2) is 27.6 Å². The number of carbonyl (C=O) groups is 2. The molecule has 1 heterocycles. The Labute approximate surface area is 165 Å². The summed E-state index contributed by atoms with van der Waals surface area (Å²) in [5.41, 5.74) is 1.19. The Hall–Kier alpha value is -3.39. The molecule has 2 aromatic rings. The molecular formula is C20H16N2O5S. The number of non-ortho nitro benzene ring substituents is 1. The van der Waals surface area contributed by atoms with Crippen LogP contribution >= 0.6 is 11.8 Å². The average molecular weight is 396 g/mol. The lowest BCUT2D eigenvalue weighted by molar-refractivity contribution is -0.384. The summed E-state index contributed by atoms with van der Waals surface area (Å²) in [6, 6.07) is 13.0. The lowest BCUT2D eigenvalue weighted by Crippen LogP contribution is -2.27. The van der Waals surface area contributed by atoms with Crippen LogP contribution in [0.3, 0.4) is 0 Å². The summed E-state index contributed by atoms with van der Waals surface area (Å²) in [7, 11) is 0. The van der Waals surface area contributed by atoms with E-state index in [0.29, 0.717) is 22.8 Å². The van der Waals surface area contributed by atoms with E-state index in [2.05, 4.69) is 6.58 Å². The number of rotatable bonds is 7. The first kappa shape index (κ1) is 19.4. The number of nitro groups is 1. The molecule has 1 fully saturated rings. The lowest BCUT2D eigenvalue weighted by Gasteiger charge is -2.12. The Morgan fingerprint density at radius 1 is 1.18 bits per heavy atom. The van der Waals surface area contributed by atoms with Crippen LogP contribution in [0, 0.1) is 10.1 Å². The van der Waals surface area contributed by atoms with E-state index in [0.717, 1.165) is 22.2 Å². The molecule has 1 saturated heterocycles. The number of nitro benzene ring substituents is 1. The minimum atomic E-state index is -0.514. The lowest BCUT2D eigenvalue weighted by atomic mass is 10.2. The Morgan fingerprint density at radius 3 is 2.61 bits per heavy atom. The van der Waals surface area contributed by atoms with Crippen LogP contribution in [0.1, 0.15) is 11.1 Å². The van der Waals surface area contributed by atoms with E-state index in [1.165, 1.54) is 18.2 Å². The highest BCUT2D eigenvalue weighted by Gasteiger charge is 2.35. The van der Waals surface area contributed by atoms with E-state index in [-0.39, 0.29) is 12.2 Å². The van der Waals surface area contributed by atoms with Gasteiger partial charge < -0.3 is 4.74 Å². The van der Waals surface area contributed by atoms with Gasteiger partial charge in [-0.05, 0) is 41.1 Å². The molecule has 0 aliphatic carbocycles. The van der Waals surface area contributed by atoms with Crippen molar-refractivity contribution >= 4 is 34.7 Å². The molecule has 2 amide bonds. The summed E-state index contributed by atoms with van der Waals surface area (Å²) >= 11 is 0.845. The highest BCUT2D eigenvalue weighted by atomic mass is 32.2. The van der Waals surface area contributed by atoms with Crippen molar-refractivity contribution in [2.75, 3.05) is 6.61 Å². The fourth-order valence-corrected chi connectivity index (χ4v) is 3.39. The van der Waals surface area contributed by atoms with Crippen LogP contribution < -0.4 is 4.74 Å². The van der Waals surface area contributed by atoms with Gasteiger partial charge in [-0.25, -0.2) is 0 Å². The molecule has 1 aliphatic rings. The molecule has 0 N–H and O–H groups in total. The van der Waals surface area contributed by atoms with Crippen molar-refractivity contribution in [1.82, 2.24) is 4.90 Å². The van der Waals surface area contributed by atoms with E-state index in [9.17, 15) is 19.7 Å². The number of nitrogens with zero attached hydrogens (tertiary/aromatic N) is 2. The van der Waals surface area contributed by atoms with Crippen molar-refractivity contribution in [2.45, 2.75) is 6.54 Å². The third kappa shape index (κ3) is 4.47. The molecule has 0 radical (unpaired) electrons. The Kier molecular flexibility index (Phi) is 5.90. The standard InChI is InChI=1S/C20H16N2O5S/c1-2-10-27-17-8-6-14(7-9-17)12-18-19(23)21(20(24)28-18)13-15-4-3-5-16(11-15)22(25)26/h2-9,11-12H,1,10,13H2/b18-12-. The largest absolute Gasteiger partial charge is 0.490 e. The molecule has 0 unspecified atom stereocenters. The number of amides is 2. The summed E-state index contributed by atoms with van der Waals surface area (Å²) in [5, 5.41) is 10.5. The van der Waals surface area contributed by atoms with Crippen LogP contribution in [0.25, 0.3) is 6.08 Å². The fraction of sp³-hybridized carbons (Fsp3) is 0.100. The quantitative estimate of drug-likeness (QED) is 0.298. The molecule has 0 atom stereocenters. The van der Waals surface area contributed by atoms with Crippen molar-refractivity contribution in [1.29, 1.82) is 0 Å². The smallest absolute Gasteiger partial charge is 0.293 e. The number of ether oxygens (including phenoxy) is 1. The van der Waals surface area contributed by atoms with Gasteiger partial charge in [0, 0.05) is 12.1 Å². The van der Waals surface area contributed by atoms with Gasteiger partial charge in [-0.2, -0.15) is 0 Å². The molecule has 7 nitrogen and oxygen atoms in total. The minimum Gasteiger partial charge on any atom is -0.490 e. The van der Waals surface area contributed by atoms with E-state index in [4.69, 9.17) is 4.74 Å². The second-order valence-corrected chi connectivity index (χ2v) is 6.86. The van der Waals surface area contributed by atoms with E-state index < -0.39 is 16.1 Å². The van der Waals surface area contributed by atoms with Crippen LogP contribution in [0.15, 0.2) is 66.1 Å². The van der Waals surface area contributed by atoms with Crippen molar-refractivity contribution in [3.8, 4) is 5.75 Å². The molecule has 0 spiro atoms. The maximum absolute atomic E-state index is 12.6. The molecule has 1 aliphatic heterocycles. The predicted molar refractivity (Wildman–Crippen MR) is 107 cm³/mol. The van der Waals surface area contributed by atoms with Gasteiger partial charge in [0.1, 0.15) is 12.4 Å². The van der Waals surface area contributed by atoms with E-state index in [1.54, 1.807) is 42.5 Å². The maximum Gasteiger partial charge on any atom is 0.293 e. The van der Waals surface area contributed by atoms with Crippen molar-refractivity contribution < 1.29 is 19.2 Å². The number of hydrogen-bond donors (Lipinski definition) is 0. The van der Waals surface area contributed by atoms with Gasteiger partial charge in [0.25, 0.3) is 16.8 Å². The van der Waals surface area contributed by atoms with Gasteiger partial charge in [0.15, 0.2) is 0 Å². The topological polar surface area (TPSA) is 89.8 Å². The Bertz CT molecular complexity index is 969. The van der Waals surface area contributed by atoms with Gasteiger partial charge in [0.05, 0.1) is 16.4 Å². The zero-order valence-corrected chi connectivity index (χ0v) is 15.6. The summed E-state index contributed by atoms with van der Waals surface area (Å²) in [6.45, 7) is 3.97. The first-order valence-electron chi connectivity index (χ1n) is 8.30. The van der Waals surface area contributed by atoms with Crippen molar-refractivity contribution in [3.05, 3.63) is 87.3 Å². The fourth-order valence-electron chi connectivity index (χ4n) is 2.55. The molecule has 0 aromatic heterocycles. The van der Waals surface area contributed by atoms with Gasteiger partial charge in [-0.15, -0.1) is 0 Å². The highest BCUT2D eigenvalue weighted by Crippen LogP contribution is 2.33. The van der Waals surface area contributed by atoms with E-state index >= 15 is 0 Å². The van der Waals surface area contributed by atoms with Crippen LogP contribution in [0.5, 0.6) is 5.75 Å². The molecule has 0 saturated carbocycles. The van der Waals surface area contributed by atoms with Crippen molar-refractivity contribution in [2.24, 2.45) is 0 Å². The first-order chi connectivity index (χ1) is 13.5. The van der Waals surface area contributed by atoms with Gasteiger partial charge >= 0.3 is 0 Å². The molecule has 2 aromatic carbocycles. The summed E-state index contributed by atoms with van der Waals surface area (Å²) in [6.07, 6.45) is 3.28. The molecule has 28 heavy (non-hydrogen) atoms. The number of imide groups is 1. The average Bonchev–Trinajstić information content (AvgIpc) is 2.95. The zero-order valence-electron chi connectivity index (χ0n) is 14.7. The Morgan fingerprint density at radius 2 is 1.93 bits per heavy atom. The predicted octanol–water partition coefficient (Wildman–Crippen LogP) is 4.40. The van der Waals surface area contributed by atoms with Crippen LogP contribution in [0.4, 0.5) is 10.5 Å². The minimum absolute atomic E-state index is 0.0159. The summed E-state index contributed by atoms with van der Waals surface area (Å²) in [5.74, 6) is 0.254. The number of benzene rings is 2. The van der Waals surface area contributed by atoms with Gasteiger partial charge in [0.2, 0.25) is 0 Å². The summed E-state index contributed by atoms with van der Waals surface area (Å²) in [4.78, 5) is 36.6. The number of hydrogen-bond acceptors (Lipinski definition) is 6. The van der Waals surface area contributed by atoms with Gasteiger partial charge in [-0.1, -0.05) is 36.9 Å². The molecule has 142 valence electrons. The monoisotopic (exact) mass is 396 g/mol. The SMILES string of the molecule is C=CCOc1ccc(/C=C2\SC(=O)N(Cc3cccc([N+](=O)[O-])c3)C2=O)cc1. The second kappa shape index (κ2) is 8.53. The molecule has 3 rings (SSSR count). The van der Waals surface area contributed by atoms with Gasteiger partial charge in [-0.3, -0.25) is 24.6 Å². The van der Waals surface area contributed by atoms with Crippen molar-refractivity contribution in [3.63, 3.8) is 0 Å². The molecular weight excluding hydrogens is 380 g/mol. The molecule has 8 heteroatoms. The number of thioether (sulfide) groups is 1. The third-order valence-electron chi connectivity index (χ3n) is 3.88. The second-order valence-electron chi connectivity index (χ2n) is 5.86. The van der Waals surface area contributed by atoms with Crippen LogP contribution in [0.2, 0.25) is 0 Å². The third-order valence-corrected chi connectivity index (χ3v) is 4.79. The Balaban J connectivity index is 1.74. The highest BCUT2D eigenvalue weighted by molar-refractivity contribution is 8.18. The maximum atomic E-state index is 12.6. The number of carbonyl (C=O) groups excluding carboxylic acids is 2. The van der Waals surface area contributed by atoms with E-state index in [1.807, 2.05) is 0 Å².